The van der Waals surface area contributed by atoms with Crippen molar-refractivity contribution < 1.29 is 0 Å². The fourth-order valence-electron chi connectivity index (χ4n) is 3.64. The molecule has 0 radical (unpaired) electrons. The predicted octanol–water partition coefficient (Wildman–Crippen LogP) is 4.52. The second kappa shape index (κ2) is 11.6. The van der Waals surface area contributed by atoms with Gasteiger partial charge in [0.1, 0.15) is 0 Å². The number of aliphatic imine (C=N–C) groups is 1. The van der Waals surface area contributed by atoms with Crippen molar-refractivity contribution in [2.24, 2.45) is 22.7 Å². The molecule has 0 amide bonds. The van der Waals surface area contributed by atoms with Gasteiger partial charge in [0.25, 0.3) is 0 Å². The van der Waals surface area contributed by atoms with E-state index in [0.717, 1.165) is 24.6 Å². The molecule has 1 atom stereocenters. The second-order valence-electron chi connectivity index (χ2n) is 7.65. The van der Waals surface area contributed by atoms with Crippen LogP contribution in [-0.2, 0) is 0 Å². The summed E-state index contributed by atoms with van der Waals surface area (Å²) in [5.74, 6) is 1.88. The molecule has 0 bridgehead atoms. The zero-order valence-electron chi connectivity index (χ0n) is 16.6. The maximum absolute atomic E-state index is 4.81. The van der Waals surface area contributed by atoms with Gasteiger partial charge >= 0.3 is 0 Å². The van der Waals surface area contributed by atoms with Crippen LogP contribution in [0.5, 0.6) is 0 Å². The summed E-state index contributed by atoms with van der Waals surface area (Å²) in [4.78, 5) is 7.43. The van der Waals surface area contributed by atoms with Gasteiger partial charge in [-0.25, -0.2) is 0 Å². The Morgan fingerprint density at radius 1 is 1.29 bits per heavy atom. The fraction of sp³-hybridized carbons (Fsp3) is 0.762. The van der Waals surface area contributed by atoms with E-state index in [-0.39, 0.29) is 0 Å². The molecule has 138 valence electrons. The molecular weight excluding hydrogens is 294 g/mol. The van der Waals surface area contributed by atoms with Crippen LogP contribution in [0, 0.1) is 17.8 Å². The number of nitrogens with one attached hydrogen (secondary N) is 1. The maximum atomic E-state index is 4.81. The molecular formula is C21H39N3. The van der Waals surface area contributed by atoms with E-state index in [1.807, 2.05) is 13.1 Å². The lowest BCUT2D eigenvalue weighted by Gasteiger charge is -2.34. The molecule has 1 fully saturated rings. The minimum Gasteiger partial charge on any atom is -0.319 e. The van der Waals surface area contributed by atoms with Crippen molar-refractivity contribution in [1.82, 2.24) is 10.2 Å². The highest BCUT2D eigenvalue weighted by Crippen LogP contribution is 2.31. The maximum Gasteiger partial charge on any atom is 0.0614 e. The van der Waals surface area contributed by atoms with Gasteiger partial charge in [-0.05, 0) is 62.9 Å². The molecule has 1 aliphatic rings. The molecule has 0 aromatic heterocycles. The third-order valence-corrected chi connectivity index (χ3v) is 4.74. The Balaban J connectivity index is 2.81. The van der Waals surface area contributed by atoms with Crippen molar-refractivity contribution >= 4 is 6.21 Å². The number of hydrogen-bond donors (Lipinski definition) is 1. The second-order valence-corrected chi connectivity index (χ2v) is 7.65. The molecule has 0 saturated carbocycles. The van der Waals surface area contributed by atoms with Crippen molar-refractivity contribution in [3.8, 4) is 0 Å². The van der Waals surface area contributed by atoms with E-state index in [9.17, 15) is 0 Å². The van der Waals surface area contributed by atoms with Crippen LogP contribution in [0.25, 0.3) is 0 Å². The summed E-state index contributed by atoms with van der Waals surface area (Å²) < 4.78 is 0. The molecule has 24 heavy (non-hydrogen) atoms. The van der Waals surface area contributed by atoms with Gasteiger partial charge in [0.05, 0.1) is 5.70 Å². The lowest BCUT2D eigenvalue weighted by atomic mass is 9.85. The summed E-state index contributed by atoms with van der Waals surface area (Å²) in [6.07, 6.45) is 8.90. The highest BCUT2D eigenvalue weighted by atomic mass is 15.1. The topological polar surface area (TPSA) is 27.6 Å². The van der Waals surface area contributed by atoms with Crippen molar-refractivity contribution in [2.75, 3.05) is 33.2 Å². The van der Waals surface area contributed by atoms with Crippen LogP contribution in [0.4, 0.5) is 0 Å². The van der Waals surface area contributed by atoms with Crippen LogP contribution in [0.2, 0.25) is 0 Å². The lowest BCUT2D eigenvalue weighted by Crippen LogP contribution is -2.36. The number of allylic oxidation sites excluding steroid dienone is 2. The number of piperidine rings is 1. The van der Waals surface area contributed by atoms with E-state index in [2.05, 4.69) is 50.7 Å². The van der Waals surface area contributed by atoms with Gasteiger partial charge in [-0.3, -0.25) is 4.99 Å². The standard InChI is InChI=1S/C21H39N3/c1-7-9-20(21(8-2)23-15-18(5)14-22-6)19-10-12-24(13-11-19)16-17(3)4/h8,15,17-19,22H,2,7,9-14,16H2,1,3-6H3/b21-20-,23-15?. The van der Waals surface area contributed by atoms with Crippen LogP contribution < -0.4 is 5.32 Å². The summed E-state index contributed by atoms with van der Waals surface area (Å²) in [7, 11) is 1.99. The molecule has 1 heterocycles. The zero-order chi connectivity index (χ0) is 17.9. The predicted molar refractivity (Wildman–Crippen MR) is 108 cm³/mol. The molecule has 3 heteroatoms. The Bertz CT molecular complexity index is 415. The molecule has 1 rings (SSSR count). The highest BCUT2D eigenvalue weighted by molar-refractivity contribution is 5.63. The smallest absolute Gasteiger partial charge is 0.0614 e. The van der Waals surface area contributed by atoms with Gasteiger partial charge < -0.3 is 10.2 Å². The quantitative estimate of drug-likeness (QED) is 0.470. The van der Waals surface area contributed by atoms with Crippen LogP contribution in [0.3, 0.4) is 0 Å². The first-order valence-corrected chi connectivity index (χ1v) is 9.78. The van der Waals surface area contributed by atoms with E-state index < -0.39 is 0 Å². The average molecular weight is 334 g/mol. The van der Waals surface area contributed by atoms with Crippen LogP contribution >= 0.6 is 0 Å². The number of likely N-dealkylation sites (tertiary alicyclic amines) is 1. The van der Waals surface area contributed by atoms with Crippen LogP contribution in [-0.4, -0.2) is 44.3 Å². The molecule has 1 aliphatic heterocycles. The van der Waals surface area contributed by atoms with Gasteiger partial charge in [0.2, 0.25) is 0 Å². The fourth-order valence-corrected chi connectivity index (χ4v) is 3.64. The Kier molecular flexibility index (Phi) is 10.2. The first-order valence-electron chi connectivity index (χ1n) is 9.78. The molecule has 0 spiro atoms. The van der Waals surface area contributed by atoms with Crippen LogP contribution in [0.1, 0.15) is 53.4 Å². The van der Waals surface area contributed by atoms with E-state index in [4.69, 9.17) is 4.99 Å². The van der Waals surface area contributed by atoms with E-state index in [1.54, 1.807) is 0 Å². The van der Waals surface area contributed by atoms with E-state index in [1.165, 1.54) is 44.5 Å². The Hall–Kier alpha value is -0.930. The first-order chi connectivity index (χ1) is 11.5. The monoisotopic (exact) mass is 333 g/mol. The largest absolute Gasteiger partial charge is 0.319 e. The number of rotatable bonds is 10. The normalized spacial score (nSPS) is 19.8. The third kappa shape index (κ3) is 7.31. The van der Waals surface area contributed by atoms with Crippen molar-refractivity contribution in [2.45, 2.75) is 53.4 Å². The summed E-state index contributed by atoms with van der Waals surface area (Å²) >= 11 is 0. The van der Waals surface area contributed by atoms with Gasteiger partial charge in [-0.2, -0.15) is 0 Å². The minimum absolute atomic E-state index is 0.445. The van der Waals surface area contributed by atoms with Crippen molar-refractivity contribution in [3.63, 3.8) is 0 Å². The summed E-state index contributed by atoms with van der Waals surface area (Å²) in [5, 5.41) is 3.21. The highest BCUT2D eigenvalue weighted by Gasteiger charge is 2.23. The lowest BCUT2D eigenvalue weighted by molar-refractivity contribution is 0.178. The molecule has 0 aromatic carbocycles. The summed E-state index contributed by atoms with van der Waals surface area (Å²) in [6, 6.07) is 0. The molecule has 0 aliphatic carbocycles. The summed E-state index contributed by atoms with van der Waals surface area (Å²) in [6.45, 7) is 17.8. The zero-order valence-corrected chi connectivity index (χ0v) is 16.6. The van der Waals surface area contributed by atoms with Gasteiger partial charge in [-0.1, -0.05) is 40.7 Å². The summed E-state index contributed by atoms with van der Waals surface area (Å²) in [5.41, 5.74) is 2.66. The molecule has 1 unspecified atom stereocenters. The Morgan fingerprint density at radius 2 is 1.96 bits per heavy atom. The van der Waals surface area contributed by atoms with Gasteiger partial charge in [-0.15, -0.1) is 0 Å². The molecule has 1 saturated heterocycles. The third-order valence-electron chi connectivity index (χ3n) is 4.74. The Morgan fingerprint density at radius 3 is 2.46 bits per heavy atom. The first kappa shape index (κ1) is 21.1. The van der Waals surface area contributed by atoms with E-state index in [0.29, 0.717) is 11.8 Å². The molecule has 0 aromatic rings. The van der Waals surface area contributed by atoms with Gasteiger partial charge in [0.15, 0.2) is 0 Å². The number of hydrogen-bond acceptors (Lipinski definition) is 3. The van der Waals surface area contributed by atoms with Gasteiger partial charge in [0, 0.05) is 25.2 Å². The number of nitrogens with zero attached hydrogens (tertiary/aromatic N) is 2. The SMILES string of the molecule is C=C/C(N=CC(C)CNC)=C(\CCC)C1CCN(CC(C)C)CC1. The van der Waals surface area contributed by atoms with Crippen molar-refractivity contribution in [1.29, 1.82) is 0 Å². The minimum atomic E-state index is 0.445. The molecule has 1 N–H and O–H groups in total. The van der Waals surface area contributed by atoms with Crippen LogP contribution in [0.15, 0.2) is 28.9 Å². The average Bonchev–Trinajstić information content (AvgIpc) is 2.55. The Labute approximate surface area is 150 Å². The molecule has 3 nitrogen and oxygen atoms in total. The van der Waals surface area contributed by atoms with Crippen molar-refractivity contribution in [3.05, 3.63) is 23.9 Å². The van der Waals surface area contributed by atoms with E-state index >= 15 is 0 Å².